The van der Waals surface area contributed by atoms with Gasteiger partial charge in [-0.05, 0) is 38.9 Å². The molecule has 2 aliphatic rings. The average Bonchev–Trinajstić information content (AvgIpc) is 2.36. The quantitative estimate of drug-likeness (QED) is 0.826. The summed E-state index contributed by atoms with van der Waals surface area (Å²) in [6.07, 6.45) is 9.09. The number of piperazine rings is 1. The third-order valence-electron chi connectivity index (χ3n) is 5.44. The number of thioether (sulfide) groups is 1. The van der Waals surface area contributed by atoms with E-state index in [0.717, 1.165) is 6.54 Å². The fourth-order valence-corrected chi connectivity index (χ4v) is 4.39. The molecule has 1 aliphatic carbocycles. The van der Waals surface area contributed by atoms with E-state index < -0.39 is 0 Å². The van der Waals surface area contributed by atoms with Crippen LogP contribution < -0.4 is 5.32 Å². The zero-order chi connectivity index (χ0) is 13.2. The largest absolute Gasteiger partial charge is 0.308 e. The fourth-order valence-electron chi connectivity index (χ4n) is 3.40. The second-order valence-corrected chi connectivity index (χ2v) is 7.64. The van der Waals surface area contributed by atoms with Crippen molar-refractivity contribution >= 4 is 11.8 Å². The van der Waals surface area contributed by atoms with Crippen molar-refractivity contribution in [1.82, 2.24) is 10.2 Å². The van der Waals surface area contributed by atoms with Crippen molar-refractivity contribution in [3.8, 4) is 0 Å². The summed E-state index contributed by atoms with van der Waals surface area (Å²) in [6, 6.07) is 0.695. The predicted molar refractivity (Wildman–Crippen MR) is 82.4 cm³/mol. The van der Waals surface area contributed by atoms with Gasteiger partial charge >= 0.3 is 0 Å². The van der Waals surface area contributed by atoms with E-state index in [9.17, 15) is 0 Å². The lowest BCUT2D eigenvalue weighted by Gasteiger charge is -2.51. The summed E-state index contributed by atoms with van der Waals surface area (Å²) in [7, 11) is 0. The minimum atomic E-state index is 0.371. The zero-order valence-electron chi connectivity index (χ0n) is 12.6. The Morgan fingerprint density at radius 3 is 2.39 bits per heavy atom. The van der Waals surface area contributed by atoms with Crippen molar-refractivity contribution in [2.24, 2.45) is 0 Å². The molecule has 2 fully saturated rings. The highest BCUT2D eigenvalue weighted by atomic mass is 32.2. The number of hydrogen-bond donors (Lipinski definition) is 1. The van der Waals surface area contributed by atoms with Gasteiger partial charge in [-0.3, -0.25) is 4.90 Å². The Kier molecular flexibility index (Phi) is 4.66. The summed E-state index contributed by atoms with van der Waals surface area (Å²) in [4.78, 5) is 2.76. The Balaban J connectivity index is 2.01. The van der Waals surface area contributed by atoms with Crippen molar-refractivity contribution in [2.45, 2.75) is 69.2 Å². The summed E-state index contributed by atoms with van der Waals surface area (Å²) in [5.41, 5.74) is 0.371. The molecule has 0 aromatic rings. The van der Waals surface area contributed by atoms with E-state index in [4.69, 9.17) is 0 Å². The maximum absolute atomic E-state index is 3.80. The Morgan fingerprint density at radius 2 is 1.94 bits per heavy atom. The van der Waals surface area contributed by atoms with Crippen molar-refractivity contribution in [2.75, 3.05) is 25.9 Å². The molecule has 1 unspecified atom stereocenters. The molecule has 18 heavy (non-hydrogen) atoms. The van der Waals surface area contributed by atoms with Gasteiger partial charge in [0.05, 0.1) is 0 Å². The molecule has 0 aromatic carbocycles. The highest BCUT2D eigenvalue weighted by molar-refractivity contribution is 8.00. The molecule has 0 aromatic heterocycles. The first kappa shape index (κ1) is 14.7. The summed E-state index contributed by atoms with van der Waals surface area (Å²) < 4.78 is 0.582. The van der Waals surface area contributed by atoms with Gasteiger partial charge < -0.3 is 5.32 Å². The monoisotopic (exact) mass is 270 g/mol. The van der Waals surface area contributed by atoms with Crippen LogP contribution >= 0.6 is 11.8 Å². The van der Waals surface area contributed by atoms with Gasteiger partial charge in [0, 0.05) is 36.0 Å². The van der Waals surface area contributed by atoms with Gasteiger partial charge in [-0.25, -0.2) is 0 Å². The highest BCUT2D eigenvalue weighted by Gasteiger charge is 2.42. The molecule has 1 N–H and O–H groups in total. The van der Waals surface area contributed by atoms with Crippen molar-refractivity contribution < 1.29 is 0 Å². The SMILES string of the molecule is CCC1(CC)CN(CC2(SC)CCC2)C(C)CN1. The first-order chi connectivity index (χ1) is 8.59. The lowest BCUT2D eigenvalue weighted by atomic mass is 9.82. The van der Waals surface area contributed by atoms with Gasteiger partial charge in [-0.15, -0.1) is 0 Å². The number of nitrogens with one attached hydrogen (secondary N) is 1. The Morgan fingerprint density at radius 1 is 1.28 bits per heavy atom. The molecule has 0 bridgehead atoms. The first-order valence-electron chi connectivity index (χ1n) is 7.63. The molecule has 1 aliphatic heterocycles. The number of hydrogen-bond acceptors (Lipinski definition) is 3. The van der Waals surface area contributed by atoms with Gasteiger partial charge in [0.2, 0.25) is 0 Å². The predicted octanol–water partition coefficient (Wildman–Crippen LogP) is 3.12. The summed E-state index contributed by atoms with van der Waals surface area (Å²) in [6.45, 7) is 10.8. The van der Waals surface area contributed by atoms with Gasteiger partial charge in [0.25, 0.3) is 0 Å². The van der Waals surface area contributed by atoms with E-state index in [1.807, 2.05) is 0 Å². The molecule has 2 nitrogen and oxygen atoms in total. The second-order valence-electron chi connectivity index (χ2n) is 6.36. The molecule has 1 atom stereocenters. The Labute approximate surface area is 117 Å². The van der Waals surface area contributed by atoms with Crippen LogP contribution in [0.3, 0.4) is 0 Å². The fraction of sp³-hybridized carbons (Fsp3) is 1.00. The van der Waals surface area contributed by atoms with Crippen LogP contribution in [-0.2, 0) is 0 Å². The lowest BCUT2D eigenvalue weighted by molar-refractivity contribution is 0.0620. The molecule has 3 heteroatoms. The van der Waals surface area contributed by atoms with Gasteiger partial charge in [0.15, 0.2) is 0 Å². The van der Waals surface area contributed by atoms with Crippen LogP contribution in [0.4, 0.5) is 0 Å². The van der Waals surface area contributed by atoms with Crippen LogP contribution in [-0.4, -0.2) is 47.1 Å². The molecule has 106 valence electrons. The minimum absolute atomic E-state index is 0.371. The molecule has 0 spiro atoms. The number of nitrogens with zero attached hydrogens (tertiary/aromatic N) is 1. The minimum Gasteiger partial charge on any atom is -0.308 e. The molecule has 1 heterocycles. The Bertz CT molecular complexity index is 264. The van der Waals surface area contributed by atoms with Crippen LogP contribution in [0.5, 0.6) is 0 Å². The second kappa shape index (κ2) is 5.72. The summed E-state index contributed by atoms with van der Waals surface area (Å²) in [5.74, 6) is 0. The summed E-state index contributed by atoms with van der Waals surface area (Å²) >= 11 is 2.11. The molecule has 1 saturated heterocycles. The van der Waals surface area contributed by atoms with Crippen molar-refractivity contribution in [3.05, 3.63) is 0 Å². The molecule has 1 saturated carbocycles. The first-order valence-corrected chi connectivity index (χ1v) is 8.85. The van der Waals surface area contributed by atoms with Gasteiger partial charge in [-0.1, -0.05) is 20.3 Å². The Hall–Kier alpha value is 0.270. The van der Waals surface area contributed by atoms with Crippen molar-refractivity contribution in [3.63, 3.8) is 0 Å². The van der Waals surface area contributed by atoms with E-state index in [0.29, 0.717) is 16.3 Å². The third-order valence-corrected chi connectivity index (χ3v) is 6.85. The van der Waals surface area contributed by atoms with Crippen LogP contribution in [0.25, 0.3) is 0 Å². The normalized spacial score (nSPS) is 31.0. The van der Waals surface area contributed by atoms with Gasteiger partial charge in [-0.2, -0.15) is 11.8 Å². The molecular formula is C15H30N2S. The zero-order valence-corrected chi connectivity index (χ0v) is 13.4. The van der Waals surface area contributed by atoms with E-state index in [1.54, 1.807) is 0 Å². The van der Waals surface area contributed by atoms with Crippen LogP contribution in [0.15, 0.2) is 0 Å². The van der Waals surface area contributed by atoms with E-state index in [1.165, 1.54) is 45.2 Å². The molecule has 2 rings (SSSR count). The van der Waals surface area contributed by atoms with Crippen LogP contribution in [0, 0.1) is 0 Å². The molecular weight excluding hydrogens is 240 g/mol. The van der Waals surface area contributed by atoms with E-state index in [-0.39, 0.29) is 0 Å². The molecule has 0 amide bonds. The molecule has 0 radical (unpaired) electrons. The van der Waals surface area contributed by atoms with E-state index >= 15 is 0 Å². The number of rotatable bonds is 5. The van der Waals surface area contributed by atoms with E-state index in [2.05, 4.69) is 49.0 Å². The van der Waals surface area contributed by atoms with Crippen molar-refractivity contribution in [1.29, 1.82) is 0 Å². The van der Waals surface area contributed by atoms with Gasteiger partial charge in [0.1, 0.15) is 0 Å². The van der Waals surface area contributed by atoms with Crippen LogP contribution in [0.1, 0.15) is 52.9 Å². The topological polar surface area (TPSA) is 15.3 Å². The highest BCUT2D eigenvalue weighted by Crippen LogP contribution is 2.44. The maximum atomic E-state index is 3.80. The summed E-state index contributed by atoms with van der Waals surface area (Å²) in [5, 5.41) is 3.80. The average molecular weight is 270 g/mol. The lowest BCUT2D eigenvalue weighted by Crippen LogP contribution is -2.65. The maximum Gasteiger partial charge on any atom is 0.0304 e. The standard InChI is InChI=1S/C15H30N2S/c1-5-14(6-2)11-17(13(3)10-16-14)12-15(18-4)8-7-9-15/h13,16H,5-12H2,1-4H3. The third kappa shape index (κ3) is 2.73. The smallest absolute Gasteiger partial charge is 0.0304 e. The van der Waals surface area contributed by atoms with Crippen LogP contribution in [0.2, 0.25) is 0 Å².